The van der Waals surface area contributed by atoms with Crippen molar-refractivity contribution in [1.29, 1.82) is 0 Å². The fraction of sp³-hybridized carbons (Fsp3) is 0.241. The highest BCUT2D eigenvalue weighted by molar-refractivity contribution is 5.85. The van der Waals surface area contributed by atoms with E-state index in [4.69, 9.17) is 0 Å². The van der Waals surface area contributed by atoms with Gasteiger partial charge in [0.15, 0.2) is 0 Å². The molecule has 0 nitrogen and oxygen atoms in total. The third kappa shape index (κ3) is 6.06. The summed E-state index contributed by atoms with van der Waals surface area (Å²) in [6.07, 6.45) is 14.0. The molecule has 2 aromatic rings. The highest BCUT2D eigenvalue weighted by Crippen LogP contribution is 2.33. The van der Waals surface area contributed by atoms with Crippen molar-refractivity contribution in [3.8, 4) is 11.1 Å². The quantitative estimate of drug-likeness (QED) is 0.453. The van der Waals surface area contributed by atoms with Crippen LogP contribution in [0.15, 0.2) is 97.1 Å². The minimum Gasteiger partial charge on any atom is -0.0984 e. The molecule has 0 spiro atoms. The topological polar surface area (TPSA) is 0 Å². The van der Waals surface area contributed by atoms with Gasteiger partial charge in [0.2, 0.25) is 0 Å². The molecule has 0 heterocycles. The summed E-state index contributed by atoms with van der Waals surface area (Å²) in [6.45, 7) is 14.6. The Morgan fingerprint density at radius 2 is 1.69 bits per heavy atom. The number of benzene rings is 2. The summed E-state index contributed by atoms with van der Waals surface area (Å²) in [4.78, 5) is 0. The summed E-state index contributed by atoms with van der Waals surface area (Å²) in [5.41, 5.74) is 8.84. The van der Waals surface area contributed by atoms with Gasteiger partial charge in [-0.15, -0.1) is 0 Å². The van der Waals surface area contributed by atoms with Gasteiger partial charge in [0.25, 0.3) is 0 Å². The van der Waals surface area contributed by atoms with Crippen LogP contribution in [0.5, 0.6) is 0 Å². The molecule has 0 amide bonds. The van der Waals surface area contributed by atoms with E-state index in [1.54, 1.807) is 0 Å². The standard InChI is InChI=1S/C27H28.C2H6/c1-5-7-11-22(6-2)25-17-26(23-12-9-8-10-13-23)19-27(18-25)24-15-20(3)14-21(4)16-24;1-2/h5-13,15-20H,2,14H2,1,3-4H3;1-2H3/b7-5-,22-11+;. The predicted octanol–water partition coefficient (Wildman–Crippen LogP) is 8.89. The van der Waals surface area contributed by atoms with Gasteiger partial charge in [-0.3, -0.25) is 0 Å². The van der Waals surface area contributed by atoms with Gasteiger partial charge in [0, 0.05) is 0 Å². The Labute approximate surface area is 177 Å². The Morgan fingerprint density at radius 1 is 1.00 bits per heavy atom. The van der Waals surface area contributed by atoms with E-state index in [1.165, 1.54) is 33.4 Å². The van der Waals surface area contributed by atoms with Crippen LogP contribution in [0, 0.1) is 5.92 Å². The Morgan fingerprint density at radius 3 is 2.31 bits per heavy atom. The predicted molar refractivity (Wildman–Crippen MR) is 132 cm³/mol. The second-order valence-corrected chi connectivity index (χ2v) is 7.31. The summed E-state index contributed by atoms with van der Waals surface area (Å²) >= 11 is 0. The van der Waals surface area contributed by atoms with Gasteiger partial charge < -0.3 is 0 Å². The molecule has 1 unspecified atom stereocenters. The Bertz CT molecular complexity index is 933. The second-order valence-electron chi connectivity index (χ2n) is 7.31. The molecule has 29 heavy (non-hydrogen) atoms. The van der Waals surface area contributed by atoms with E-state index in [0.29, 0.717) is 5.92 Å². The molecular weight excluding hydrogens is 348 g/mol. The zero-order valence-electron chi connectivity index (χ0n) is 18.6. The smallest absolute Gasteiger partial charge is 0.0172 e. The largest absolute Gasteiger partial charge is 0.0984 e. The number of hydrogen-bond donors (Lipinski definition) is 0. The fourth-order valence-corrected chi connectivity index (χ4v) is 3.67. The molecule has 0 N–H and O–H groups in total. The zero-order valence-corrected chi connectivity index (χ0v) is 18.6. The highest BCUT2D eigenvalue weighted by atomic mass is 14.2. The molecule has 1 aliphatic carbocycles. The molecule has 0 bridgehead atoms. The SMILES string of the molecule is C=C/C(=C\C=C/C)c1cc(C2=CC(C)CC(C)=C2)cc(-c2ccccc2)c1.CC. The lowest BCUT2D eigenvalue weighted by Gasteiger charge is -2.18. The minimum atomic E-state index is 0.575. The summed E-state index contributed by atoms with van der Waals surface area (Å²) in [5.74, 6) is 0.575. The van der Waals surface area contributed by atoms with Crippen LogP contribution in [0.25, 0.3) is 22.3 Å². The molecule has 0 aliphatic heterocycles. The lowest BCUT2D eigenvalue weighted by atomic mass is 9.86. The highest BCUT2D eigenvalue weighted by Gasteiger charge is 2.13. The first kappa shape index (κ1) is 22.4. The van der Waals surface area contributed by atoms with Crippen LogP contribution in [0.1, 0.15) is 52.2 Å². The zero-order chi connectivity index (χ0) is 21.2. The Balaban J connectivity index is 0.00000145. The summed E-state index contributed by atoms with van der Waals surface area (Å²) in [7, 11) is 0. The van der Waals surface area contributed by atoms with Crippen molar-refractivity contribution in [3.05, 3.63) is 108 Å². The molecule has 0 saturated heterocycles. The maximum Gasteiger partial charge on any atom is -0.0172 e. The third-order valence-electron chi connectivity index (χ3n) is 4.90. The van der Waals surface area contributed by atoms with E-state index in [9.17, 15) is 0 Å². The van der Waals surface area contributed by atoms with Crippen molar-refractivity contribution >= 4 is 11.1 Å². The molecule has 0 aromatic heterocycles. The van der Waals surface area contributed by atoms with Crippen LogP contribution in [0.2, 0.25) is 0 Å². The lowest BCUT2D eigenvalue weighted by molar-refractivity contribution is 0.710. The van der Waals surface area contributed by atoms with E-state index in [1.807, 2.05) is 32.9 Å². The first-order chi connectivity index (χ1) is 14.1. The van der Waals surface area contributed by atoms with E-state index in [0.717, 1.165) is 12.0 Å². The molecule has 2 aromatic carbocycles. The van der Waals surface area contributed by atoms with Crippen molar-refractivity contribution in [2.75, 3.05) is 0 Å². The molecule has 150 valence electrons. The van der Waals surface area contributed by atoms with E-state index < -0.39 is 0 Å². The van der Waals surface area contributed by atoms with Crippen molar-refractivity contribution in [3.63, 3.8) is 0 Å². The van der Waals surface area contributed by atoms with Gasteiger partial charge in [-0.1, -0.05) is 99.7 Å². The molecule has 1 aliphatic rings. The first-order valence-electron chi connectivity index (χ1n) is 10.7. The molecular formula is C29H34. The van der Waals surface area contributed by atoms with E-state index >= 15 is 0 Å². The van der Waals surface area contributed by atoms with Crippen LogP contribution in [0.3, 0.4) is 0 Å². The summed E-state index contributed by atoms with van der Waals surface area (Å²) in [6, 6.07) is 17.5. The Hall–Kier alpha value is -2.86. The molecule has 0 fully saturated rings. The van der Waals surface area contributed by atoms with E-state index in [-0.39, 0.29) is 0 Å². The van der Waals surface area contributed by atoms with Crippen LogP contribution < -0.4 is 0 Å². The molecule has 0 saturated carbocycles. The van der Waals surface area contributed by atoms with Crippen LogP contribution in [-0.2, 0) is 0 Å². The summed E-state index contributed by atoms with van der Waals surface area (Å²) in [5, 5.41) is 0. The van der Waals surface area contributed by atoms with Crippen LogP contribution in [0.4, 0.5) is 0 Å². The molecule has 0 radical (unpaired) electrons. The van der Waals surface area contributed by atoms with Gasteiger partial charge >= 0.3 is 0 Å². The fourth-order valence-electron chi connectivity index (χ4n) is 3.67. The second kappa shape index (κ2) is 11.2. The number of allylic oxidation sites excluding steroid dienone is 9. The Kier molecular flexibility index (Phi) is 8.68. The van der Waals surface area contributed by atoms with Gasteiger partial charge in [-0.25, -0.2) is 0 Å². The van der Waals surface area contributed by atoms with Crippen LogP contribution in [-0.4, -0.2) is 0 Å². The lowest BCUT2D eigenvalue weighted by Crippen LogP contribution is -2.00. The van der Waals surface area contributed by atoms with Crippen molar-refractivity contribution < 1.29 is 0 Å². The van der Waals surface area contributed by atoms with Gasteiger partial charge in [-0.2, -0.15) is 0 Å². The van der Waals surface area contributed by atoms with Crippen molar-refractivity contribution in [2.24, 2.45) is 5.92 Å². The maximum atomic E-state index is 4.03. The van der Waals surface area contributed by atoms with Crippen molar-refractivity contribution in [1.82, 2.24) is 0 Å². The number of rotatable bonds is 5. The average molecular weight is 383 g/mol. The minimum absolute atomic E-state index is 0.575. The van der Waals surface area contributed by atoms with E-state index in [2.05, 4.69) is 93.3 Å². The first-order valence-corrected chi connectivity index (χ1v) is 10.7. The summed E-state index contributed by atoms with van der Waals surface area (Å²) < 4.78 is 0. The average Bonchev–Trinajstić information content (AvgIpc) is 2.75. The molecule has 1 atom stereocenters. The van der Waals surface area contributed by atoms with Gasteiger partial charge in [0.05, 0.1) is 0 Å². The maximum absolute atomic E-state index is 4.03. The normalized spacial score (nSPS) is 16.6. The molecule has 3 rings (SSSR count). The van der Waals surface area contributed by atoms with Gasteiger partial charge in [0.1, 0.15) is 0 Å². The van der Waals surface area contributed by atoms with Crippen LogP contribution >= 0.6 is 0 Å². The van der Waals surface area contributed by atoms with Gasteiger partial charge in [-0.05, 0) is 77.8 Å². The third-order valence-corrected chi connectivity index (χ3v) is 4.90. The molecule has 0 heteroatoms. The van der Waals surface area contributed by atoms with Crippen molar-refractivity contribution in [2.45, 2.75) is 41.0 Å². The monoisotopic (exact) mass is 382 g/mol. The number of hydrogen-bond acceptors (Lipinski definition) is 0.